The third kappa shape index (κ3) is 4.33. The molecule has 1 saturated heterocycles. The second kappa shape index (κ2) is 8.49. The van der Waals surface area contributed by atoms with Crippen LogP contribution in [0.1, 0.15) is 48.8 Å². The van der Waals surface area contributed by atoms with Crippen LogP contribution < -0.4 is 10.9 Å². The molecule has 1 aliphatic rings. The Morgan fingerprint density at radius 2 is 2.00 bits per heavy atom. The Morgan fingerprint density at radius 1 is 1.15 bits per heavy atom. The summed E-state index contributed by atoms with van der Waals surface area (Å²) < 4.78 is 5.42. The van der Waals surface area contributed by atoms with Crippen LogP contribution >= 0.6 is 0 Å². The number of carbonyl (C=O) groups is 1. The highest BCUT2D eigenvalue weighted by atomic mass is 16.4. The van der Waals surface area contributed by atoms with Crippen LogP contribution in [0.25, 0.3) is 11.0 Å². The first-order valence-corrected chi connectivity index (χ1v) is 9.57. The highest BCUT2D eigenvalue weighted by molar-refractivity contribution is 5.83. The van der Waals surface area contributed by atoms with Gasteiger partial charge in [-0.2, -0.15) is 0 Å². The van der Waals surface area contributed by atoms with Crippen molar-refractivity contribution in [3.63, 3.8) is 0 Å². The molecule has 1 aromatic heterocycles. The lowest BCUT2D eigenvalue weighted by molar-refractivity contribution is -0.130. The van der Waals surface area contributed by atoms with E-state index in [0.29, 0.717) is 24.5 Å². The molecular formula is C21H28N2O3. The van der Waals surface area contributed by atoms with Gasteiger partial charge in [0, 0.05) is 37.5 Å². The van der Waals surface area contributed by atoms with E-state index < -0.39 is 0 Å². The van der Waals surface area contributed by atoms with Gasteiger partial charge in [-0.1, -0.05) is 18.6 Å². The van der Waals surface area contributed by atoms with Crippen LogP contribution in [0.15, 0.2) is 27.4 Å². The molecule has 0 aliphatic carbocycles. The average molecular weight is 356 g/mol. The van der Waals surface area contributed by atoms with Gasteiger partial charge in [-0.3, -0.25) is 4.79 Å². The highest BCUT2D eigenvalue weighted by Crippen LogP contribution is 2.23. The van der Waals surface area contributed by atoms with Crippen LogP contribution in [-0.2, 0) is 11.3 Å². The number of likely N-dealkylation sites (tertiary alicyclic amines) is 1. The van der Waals surface area contributed by atoms with Crippen molar-refractivity contribution in [3.8, 4) is 0 Å². The van der Waals surface area contributed by atoms with Crippen LogP contribution in [-0.4, -0.2) is 30.4 Å². The van der Waals surface area contributed by atoms with Gasteiger partial charge in [0.15, 0.2) is 0 Å². The quantitative estimate of drug-likeness (QED) is 0.637. The van der Waals surface area contributed by atoms with Gasteiger partial charge in [0.1, 0.15) is 5.58 Å². The minimum atomic E-state index is -0.307. The Morgan fingerprint density at radius 3 is 2.85 bits per heavy atom. The van der Waals surface area contributed by atoms with E-state index >= 15 is 0 Å². The van der Waals surface area contributed by atoms with Crippen molar-refractivity contribution >= 4 is 16.9 Å². The molecule has 26 heavy (non-hydrogen) atoms. The summed E-state index contributed by atoms with van der Waals surface area (Å²) in [4.78, 5) is 25.9. The molecule has 5 heteroatoms. The van der Waals surface area contributed by atoms with Gasteiger partial charge in [-0.25, -0.2) is 4.79 Å². The molecular weight excluding hydrogens is 328 g/mol. The number of aryl methyl sites for hydroxylation is 2. The van der Waals surface area contributed by atoms with E-state index in [1.165, 1.54) is 0 Å². The average Bonchev–Trinajstić information content (AvgIpc) is 2.82. The molecule has 0 saturated carbocycles. The van der Waals surface area contributed by atoms with Crippen LogP contribution in [0.5, 0.6) is 0 Å². The molecule has 1 aromatic carbocycles. The number of amides is 1. The second-order valence-corrected chi connectivity index (χ2v) is 7.20. The highest BCUT2D eigenvalue weighted by Gasteiger charge is 2.15. The molecule has 140 valence electrons. The van der Waals surface area contributed by atoms with Gasteiger partial charge in [-0.15, -0.1) is 0 Å². The smallest absolute Gasteiger partial charge is 0.336 e. The van der Waals surface area contributed by atoms with Gasteiger partial charge < -0.3 is 14.6 Å². The zero-order chi connectivity index (χ0) is 18.5. The first kappa shape index (κ1) is 18.6. The summed E-state index contributed by atoms with van der Waals surface area (Å²) in [5.41, 5.74) is 3.47. The van der Waals surface area contributed by atoms with Crippen molar-refractivity contribution < 1.29 is 9.21 Å². The SMILES string of the molecule is Cc1ccc2c(CNCCCN3CCCCCC3=O)cc(=O)oc2c1C. The van der Waals surface area contributed by atoms with Gasteiger partial charge in [0.05, 0.1) is 0 Å². The van der Waals surface area contributed by atoms with E-state index in [0.717, 1.165) is 67.4 Å². The normalized spacial score (nSPS) is 15.5. The van der Waals surface area contributed by atoms with Crippen molar-refractivity contribution in [3.05, 3.63) is 45.3 Å². The topological polar surface area (TPSA) is 62.6 Å². The van der Waals surface area contributed by atoms with Gasteiger partial charge in [0.2, 0.25) is 5.91 Å². The summed E-state index contributed by atoms with van der Waals surface area (Å²) >= 11 is 0. The number of nitrogens with one attached hydrogen (secondary N) is 1. The third-order valence-corrected chi connectivity index (χ3v) is 5.29. The van der Waals surface area contributed by atoms with Gasteiger partial charge in [0.25, 0.3) is 0 Å². The van der Waals surface area contributed by atoms with Crippen LogP contribution in [0.3, 0.4) is 0 Å². The zero-order valence-corrected chi connectivity index (χ0v) is 15.8. The minimum absolute atomic E-state index is 0.292. The molecule has 0 atom stereocenters. The number of nitrogens with zero attached hydrogens (tertiary/aromatic N) is 1. The summed E-state index contributed by atoms with van der Waals surface area (Å²) in [6.07, 6.45) is 4.91. The molecule has 0 spiro atoms. The van der Waals surface area contributed by atoms with E-state index in [9.17, 15) is 9.59 Å². The molecule has 1 fully saturated rings. The number of hydrogen-bond acceptors (Lipinski definition) is 4. The maximum Gasteiger partial charge on any atom is 0.336 e. The van der Waals surface area contributed by atoms with E-state index in [4.69, 9.17) is 4.42 Å². The molecule has 5 nitrogen and oxygen atoms in total. The van der Waals surface area contributed by atoms with Crippen molar-refractivity contribution in [2.45, 2.75) is 52.5 Å². The maximum atomic E-state index is 12.0. The summed E-state index contributed by atoms with van der Waals surface area (Å²) in [5, 5.41) is 4.40. The van der Waals surface area contributed by atoms with E-state index in [-0.39, 0.29) is 5.63 Å². The predicted molar refractivity (Wildman–Crippen MR) is 103 cm³/mol. The molecule has 0 bridgehead atoms. The maximum absolute atomic E-state index is 12.0. The Bertz CT molecular complexity index is 841. The molecule has 1 amide bonds. The number of hydrogen-bond donors (Lipinski definition) is 1. The van der Waals surface area contributed by atoms with E-state index in [2.05, 4.69) is 11.4 Å². The molecule has 1 N–H and O–H groups in total. The molecule has 0 radical (unpaired) electrons. The molecule has 0 unspecified atom stereocenters. The summed E-state index contributed by atoms with van der Waals surface area (Å²) in [7, 11) is 0. The number of benzene rings is 1. The van der Waals surface area contributed by atoms with E-state index in [1.807, 2.05) is 24.8 Å². The van der Waals surface area contributed by atoms with Gasteiger partial charge in [-0.05, 0) is 56.3 Å². The van der Waals surface area contributed by atoms with Crippen molar-refractivity contribution in [1.82, 2.24) is 10.2 Å². The largest absolute Gasteiger partial charge is 0.422 e. The summed E-state index contributed by atoms with van der Waals surface area (Å²) in [6, 6.07) is 5.65. The fraction of sp³-hybridized carbons (Fsp3) is 0.524. The second-order valence-electron chi connectivity index (χ2n) is 7.20. The fourth-order valence-corrected chi connectivity index (χ4v) is 3.56. The van der Waals surface area contributed by atoms with E-state index in [1.54, 1.807) is 6.07 Å². The van der Waals surface area contributed by atoms with Crippen LogP contribution in [0, 0.1) is 13.8 Å². The van der Waals surface area contributed by atoms with Crippen molar-refractivity contribution in [2.75, 3.05) is 19.6 Å². The summed E-state index contributed by atoms with van der Waals surface area (Å²) in [5.74, 6) is 0.292. The van der Waals surface area contributed by atoms with Crippen molar-refractivity contribution in [2.24, 2.45) is 0 Å². The van der Waals surface area contributed by atoms with Crippen molar-refractivity contribution in [1.29, 1.82) is 0 Å². The fourth-order valence-electron chi connectivity index (χ4n) is 3.56. The molecule has 2 aromatic rings. The lowest BCUT2D eigenvalue weighted by atomic mass is 10.0. The van der Waals surface area contributed by atoms with Crippen LogP contribution in [0.2, 0.25) is 0 Å². The van der Waals surface area contributed by atoms with Crippen LogP contribution in [0.4, 0.5) is 0 Å². The standard InChI is InChI=1S/C21H28N2O3/c1-15-8-9-18-17(13-20(25)26-21(18)16(15)2)14-22-10-6-12-23-11-5-3-4-7-19(23)24/h8-9,13,22H,3-7,10-12,14H2,1-2H3. The Kier molecular flexibility index (Phi) is 6.09. The van der Waals surface area contributed by atoms with Gasteiger partial charge >= 0.3 is 5.63 Å². The Labute approximate surface area is 154 Å². The monoisotopic (exact) mass is 356 g/mol. The Hall–Kier alpha value is -2.14. The number of fused-ring (bicyclic) bond motifs is 1. The first-order chi connectivity index (χ1) is 12.6. The number of carbonyl (C=O) groups excluding carboxylic acids is 1. The minimum Gasteiger partial charge on any atom is -0.422 e. The molecule has 3 rings (SSSR count). The Balaban J connectivity index is 1.57. The summed E-state index contributed by atoms with van der Waals surface area (Å²) in [6.45, 7) is 7.14. The first-order valence-electron chi connectivity index (χ1n) is 9.57. The lowest BCUT2D eigenvalue weighted by Gasteiger charge is -2.20. The molecule has 1 aliphatic heterocycles. The zero-order valence-electron chi connectivity index (χ0n) is 15.8. The lowest BCUT2D eigenvalue weighted by Crippen LogP contribution is -2.32. The number of rotatable bonds is 6. The molecule has 2 heterocycles. The third-order valence-electron chi connectivity index (χ3n) is 5.29. The predicted octanol–water partition coefficient (Wildman–Crippen LogP) is 3.29.